The summed E-state index contributed by atoms with van der Waals surface area (Å²) in [7, 11) is 1.56. The molecule has 0 aliphatic rings. The van der Waals surface area contributed by atoms with E-state index in [-0.39, 0.29) is 12.3 Å². The minimum atomic E-state index is -0.189. The first-order valence-electron chi connectivity index (χ1n) is 9.57. The average Bonchev–Trinajstić information content (AvgIpc) is 2.75. The van der Waals surface area contributed by atoms with Gasteiger partial charge >= 0.3 is 0 Å². The smallest absolute Gasteiger partial charge is 0.244 e. The number of hydrogen-bond acceptors (Lipinski definition) is 4. The number of ether oxygens (including phenoxy) is 2. The molecular formula is C24H22BrClN2O3. The Morgan fingerprint density at radius 3 is 2.61 bits per heavy atom. The highest BCUT2D eigenvalue weighted by molar-refractivity contribution is 9.10. The van der Waals surface area contributed by atoms with Crippen LogP contribution in [0, 0.1) is 6.92 Å². The van der Waals surface area contributed by atoms with Crippen molar-refractivity contribution in [2.45, 2.75) is 20.0 Å². The Balaban J connectivity index is 1.64. The highest BCUT2D eigenvalue weighted by Gasteiger charge is 2.12. The third-order valence-corrected chi connectivity index (χ3v) is 5.43. The summed E-state index contributed by atoms with van der Waals surface area (Å²) in [5.74, 6) is 0.905. The number of benzene rings is 3. The normalized spacial score (nSPS) is 10.8. The summed E-state index contributed by atoms with van der Waals surface area (Å²) < 4.78 is 12.1. The predicted molar refractivity (Wildman–Crippen MR) is 127 cm³/mol. The summed E-state index contributed by atoms with van der Waals surface area (Å²) in [6.07, 6.45) is 1.82. The Kier molecular flexibility index (Phi) is 8.09. The topological polar surface area (TPSA) is 59.9 Å². The molecular weight excluding hydrogens is 480 g/mol. The summed E-state index contributed by atoms with van der Waals surface area (Å²) in [5, 5.41) is 4.69. The van der Waals surface area contributed by atoms with Crippen LogP contribution in [0.25, 0.3) is 0 Å². The molecule has 0 atom stereocenters. The molecule has 0 aliphatic carbocycles. The molecule has 0 unspecified atom stereocenters. The molecule has 160 valence electrons. The monoisotopic (exact) mass is 500 g/mol. The van der Waals surface area contributed by atoms with Crippen LogP contribution in [0.4, 0.5) is 0 Å². The Bertz CT molecular complexity index is 1080. The third-order valence-electron chi connectivity index (χ3n) is 4.47. The fourth-order valence-electron chi connectivity index (χ4n) is 2.83. The molecule has 0 aromatic heterocycles. The van der Waals surface area contributed by atoms with Crippen LogP contribution < -0.4 is 14.9 Å². The van der Waals surface area contributed by atoms with E-state index in [4.69, 9.17) is 21.1 Å². The van der Waals surface area contributed by atoms with Crippen molar-refractivity contribution in [2.24, 2.45) is 5.10 Å². The van der Waals surface area contributed by atoms with E-state index in [1.807, 2.05) is 61.5 Å². The molecule has 0 heterocycles. The molecule has 5 nitrogen and oxygen atoms in total. The number of aryl methyl sites for hydroxylation is 1. The lowest BCUT2D eigenvalue weighted by atomic mass is 10.1. The maximum Gasteiger partial charge on any atom is 0.244 e. The van der Waals surface area contributed by atoms with Gasteiger partial charge in [-0.25, -0.2) is 5.43 Å². The zero-order valence-corrected chi connectivity index (χ0v) is 19.5. The number of hydrazone groups is 1. The first-order valence-corrected chi connectivity index (χ1v) is 10.7. The number of hydrogen-bond donors (Lipinski definition) is 1. The fourth-order valence-corrected chi connectivity index (χ4v) is 3.59. The van der Waals surface area contributed by atoms with Crippen molar-refractivity contribution < 1.29 is 14.3 Å². The number of methoxy groups -OCH3 is 1. The Morgan fingerprint density at radius 1 is 1.16 bits per heavy atom. The highest BCUT2D eigenvalue weighted by Crippen LogP contribution is 2.37. The molecule has 0 fully saturated rings. The van der Waals surface area contributed by atoms with Gasteiger partial charge in [-0.1, -0.05) is 59.6 Å². The maximum absolute atomic E-state index is 12.1. The van der Waals surface area contributed by atoms with Crippen molar-refractivity contribution in [3.05, 3.63) is 92.4 Å². The molecule has 1 N–H and O–H groups in total. The number of carbonyl (C=O) groups excluding carboxylic acids is 1. The molecule has 0 saturated heterocycles. The summed E-state index contributed by atoms with van der Waals surface area (Å²) in [4.78, 5) is 12.1. The first kappa shape index (κ1) is 22.8. The lowest BCUT2D eigenvalue weighted by Crippen LogP contribution is -2.19. The highest BCUT2D eigenvalue weighted by atomic mass is 79.9. The van der Waals surface area contributed by atoms with Crippen molar-refractivity contribution in [3.8, 4) is 11.5 Å². The molecule has 7 heteroatoms. The molecule has 0 aliphatic heterocycles. The number of rotatable bonds is 8. The van der Waals surface area contributed by atoms with Crippen molar-refractivity contribution in [3.63, 3.8) is 0 Å². The summed E-state index contributed by atoms with van der Waals surface area (Å²) in [6.45, 7) is 2.31. The van der Waals surface area contributed by atoms with Gasteiger partial charge in [0.25, 0.3) is 0 Å². The number of nitrogens with one attached hydrogen (secondary N) is 1. The van der Waals surface area contributed by atoms with Crippen LogP contribution in [-0.4, -0.2) is 19.2 Å². The Labute approximate surface area is 195 Å². The van der Waals surface area contributed by atoms with Crippen molar-refractivity contribution in [1.82, 2.24) is 5.43 Å². The van der Waals surface area contributed by atoms with E-state index in [1.54, 1.807) is 19.4 Å². The zero-order valence-electron chi connectivity index (χ0n) is 17.2. The van der Waals surface area contributed by atoms with E-state index < -0.39 is 0 Å². The second-order valence-electron chi connectivity index (χ2n) is 6.87. The van der Waals surface area contributed by atoms with Crippen LogP contribution in [0.3, 0.4) is 0 Å². The number of halogens is 2. The number of amides is 1. The van der Waals surface area contributed by atoms with Gasteiger partial charge in [-0.05, 0) is 52.2 Å². The zero-order chi connectivity index (χ0) is 22.2. The lowest BCUT2D eigenvalue weighted by molar-refractivity contribution is -0.120. The molecule has 0 spiro atoms. The van der Waals surface area contributed by atoms with Crippen LogP contribution >= 0.6 is 27.5 Å². The predicted octanol–water partition coefficient (Wildman–Crippen LogP) is 5.69. The van der Waals surface area contributed by atoms with E-state index >= 15 is 0 Å². The average molecular weight is 502 g/mol. The van der Waals surface area contributed by atoms with Crippen LogP contribution in [0.1, 0.15) is 22.3 Å². The lowest BCUT2D eigenvalue weighted by Gasteiger charge is -2.14. The quantitative estimate of drug-likeness (QED) is 0.319. The number of nitrogens with zero attached hydrogens (tertiary/aromatic N) is 1. The van der Waals surface area contributed by atoms with Crippen LogP contribution in [0.2, 0.25) is 5.02 Å². The van der Waals surface area contributed by atoms with Gasteiger partial charge in [0.1, 0.15) is 6.61 Å². The second-order valence-corrected chi connectivity index (χ2v) is 8.13. The van der Waals surface area contributed by atoms with E-state index in [0.717, 1.165) is 22.3 Å². The second kappa shape index (κ2) is 11.0. The molecule has 0 bridgehead atoms. The SMILES string of the molecule is COc1cc(/C=N/NC(=O)Cc2ccc(C)cc2)cc(Br)c1OCc1ccccc1Cl. The molecule has 31 heavy (non-hydrogen) atoms. The van der Waals surface area contributed by atoms with Crippen LogP contribution in [0.15, 0.2) is 70.2 Å². The van der Waals surface area contributed by atoms with Gasteiger partial charge in [0, 0.05) is 10.6 Å². The van der Waals surface area contributed by atoms with E-state index in [1.165, 1.54) is 0 Å². The van der Waals surface area contributed by atoms with Crippen molar-refractivity contribution in [2.75, 3.05) is 7.11 Å². The third kappa shape index (κ3) is 6.57. The minimum absolute atomic E-state index is 0.189. The van der Waals surface area contributed by atoms with Gasteiger partial charge in [-0.2, -0.15) is 5.10 Å². The van der Waals surface area contributed by atoms with Crippen LogP contribution in [-0.2, 0) is 17.8 Å². The fraction of sp³-hybridized carbons (Fsp3) is 0.167. The van der Waals surface area contributed by atoms with E-state index in [0.29, 0.717) is 27.6 Å². The molecule has 0 saturated carbocycles. The van der Waals surface area contributed by atoms with E-state index in [9.17, 15) is 4.79 Å². The molecule has 1 amide bonds. The summed E-state index contributed by atoms with van der Waals surface area (Å²) in [5.41, 5.74) is 6.25. The van der Waals surface area contributed by atoms with Gasteiger partial charge in [0.2, 0.25) is 5.91 Å². The van der Waals surface area contributed by atoms with Gasteiger partial charge in [0.15, 0.2) is 11.5 Å². The number of carbonyl (C=O) groups is 1. The van der Waals surface area contributed by atoms with Crippen molar-refractivity contribution >= 4 is 39.7 Å². The van der Waals surface area contributed by atoms with Crippen LogP contribution in [0.5, 0.6) is 11.5 Å². The van der Waals surface area contributed by atoms with Gasteiger partial charge in [-0.15, -0.1) is 0 Å². The molecule has 3 aromatic carbocycles. The van der Waals surface area contributed by atoms with Crippen molar-refractivity contribution in [1.29, 1.82) is 0 Å². The van der Waals surface area contributed by atoms with Gasteiger partial charge < -0.3 is 9.47 Å². The Hall–Kier alpha value is -2.83. The van der Waals surface area contributed by atoms with E-state index in [2.05, 4.69) is 26.5 Å². The molecule has 0 radical (unpaired) electrons. The van der Waals surface area contributed by atoms with Gasteiger partial charge in [0.05, 0.1) is 24.2 Å². The largest absolute Gasteiger partial charge is 0.493 e. The molecule has 3 aromatic rings. The maximum atomic E-state index is 12.1. The summed E-state index contributed by atoms with van der Waals surface area (Å²) in [6, 6.07) is 18.9. The standard InChI is InChI=1S/C24H22BrClN2O3/c1-16-7-9-17(10-8-16)13-23(29)28-27-14-18-11-20(25)24(22(12-18)30-2)31-15-19-5-3-4-6-21(19)26/h3-12,14H,13,15H2,1-2H3,(H,28,29)/b27-14+. The summed E-state index contributed by atoms with van der Waals surface area (Å²) >= 11 is 9.71. The minimum Gasteiger partial charge on any atom is -0.493 e. The first-order chi connectivity index (χ1) is 15.0. The van der Waals surface area contributed by atoms with Gasteiger partial charge in [-0.3, -0.25) is 4.79 Å². The Morgan fingerprint density at radius 2 is 1.90 bits per heavy atom. The molecule has 3 rings (SSSR count).